The van der Waals surface area contributed by atoms with Crippen molar-refractivity contribution in [3.05, 3.63) is 0 Å². The van der Waals surface area contributed by atoms with Crippen LogP contribution in [-0.2, 0) is 14.3 Å². The minimum absolute atomic E-state index is 0.0793. The van der Waals surface area contributed by atoms with Crippen LogP contribution in [0, 0.1) is 5.41 Å². The number of carbonyl (C=O) groups excluding carboxylic acids is 2. The summed E-state index contributed by atoms with van der Waals surface area (Å²) < 4.78 is 5.03. The van der Waals surface area contributed by atoms with Gasteiger partial charge in [-0.2, -0.15) is 0 Å². The molecule has 1 unspecified atom stereocenters. The summed E-state index contributed by atoms with van der Waals surface area (Å²) in [6, 6.07) is 0. The van der Waals surface area contributed by atoms with Crippen molar-refractivity contribution in [3.63, 3.8) is 0 Å². The van der Waals surface area contributed by atoms with E-state index in [0.717, 1.165) is 12.8 Å². The first-order valence-corrected chi connectivity index (χ1v) is 6.25. The van der Waals surface area contributed by atoms with Crippen molar-refractivity contribution in [2.75, 3.05) is 6.61 Å². The zero-order valence-electron chi connectivity index (χ0n) is 10.9. The van der Waals surface area contributed by atoms with Crippen molar-refractivity contribution in [1.82, 2.24) is 0 Å². The number of hydrogen-bond acceptors (Lipinski definition) is 4. The number of rotatable bonds is 4. The lowest BCUT2D eigenvalue weighted by Gasteiger charge is -2.37. The van der Waals surface area contributed by atoms with Gasteiger partial charge in [0.2, 0.25) is 0 Å². The fourth-order valence-corrected chi connectivity index (χ4v) is 2.57. The van der Waals surface area contributed by atoms with E-state index in [1.165, 1.54) is 0 Å². The number of ether oxygens (including phenoxy) is 1. The van der Waals surface area contributed by atoms with Crippen LogP contribution in [0.15, 0.2) is 0 Å². The van der Waals surface area contributed by atoms with Crippen LogP contribution >= 0.6 is 0 Å². The highest BCUT2D eigenvalue weighted by Gasteiger charge is 2.50. The second kappa shape index (κ2) is 5.17. The summed E-state index contributed by atoms with van der Waals surface area (Å²) in [5.41, 5.74) is -2.16. The van der Waals surface area contributed by atoms with Crippen molar-refractivity contribution in [2.45, 2.75) is 58.5 Å². The van der Waals surface area contributed by atoms with Crippen molar-refractivity contribution in [2.24, 2.45) is 5.41 Å². The van der Waals surface area contributed by atoms with Gasteiger partial charge in [-0.3, -0.25) is 9.59 Å². The molecule has 0 aromatic rings. The Morgan fingerprint density at radius 1 is 1.47 bits per heavy atom. The fourth-order valence-electron chi connectivity index (χ4n) is 2.57. The Kier molecular flexibility index (Phi) is 4.31. The molecule has 0 radical (unpaired) electrons. The van der Waals surface area contributed by atoms with E-state index in [-0.39, 0.29) is 18.8 Å². The molecule has 0 spiro atoms. The molecule has 17 heavy (non-hydrogen) atoms. The van der Waals surface area contributed by atoms with Gasteiger partial charge in [0.05, 0.1) is 12.2 Å². The average Bonchev–Trinajstić information content (AvgIpc) is 2.20. The van der Waals surface area contributed by atoms with Gasteiger partial charge >= 0.3 is 5.97 Å². The maximum atomic E-state index is 12.1. The van der Waals surface area contributed by atoms with E-state index in [1.807, 2.05) is 0 Å². The SMILES string of the molecule is CCOC(=O)C1(CC(C)(C)O)CCCCC1=O. The first-order valence-electron chi connectivity index (χ1n) is 6.25. The van der Waals surface area contributed by atoms with E-state index >= 15 is 0 Å². The molecule has 1 atom stereocenters. The number of carbonyl (C=O) groups is 2. The molecule has 0 aliphatic heterocycles. The molecule has 1 aliphatic rings. The number of esters is 1. The van der Waals surface area contributed by atoms with Gasteiger partial charge in [0.25, 0.3) is 0 Å². The molecule has 0 aromatic carbocycles. The highest BCUT2D eigenvalue weighted by Crippen LogP contribution is 2.41. The van der Waals surface area contributed by atoms with E-state index < -0.39 is 17.0 Å². The third-order valence-corrected chi connectivity index (χ3v) is 3.19. The molecule has 1 N–H and O–H groups in total. The van der Waals surface area contributed by atoms with Gasteiger partial charge in [0, 0.05) is 6.42 Å². The summed E-state index contributed by atoms with van der Waals surface area (Å²) in [7, 11) is 0. The van der Waals surface area contributed by atoms with E-state index in [4.69, 9.17) is 4.74 Å². The molecule has 0 bridgehead atoms. The molecular formula is C13H22O4. The average molecular weight is 242 g/mol. The molecule has 0 saturated heterocycles. The van der Waals surface area contributed by atoms with E-state index in [9.17, 15) is 14.7 Å². The Balaban J connectivity index is 2.98. The summed E-state index contributed by atoms with van der Waals surface area (Å²) >= 11 is 0. The summed E-state index contributed by atoms with van der Waals surface area (Å²) in [5, 5.41) is 9.91. The van der Waals surface area contributed by atoms with E-state index in [1.54, 1.807) is 20.8 Å². The third-order valence-electron chi connectivity index (χ3n) is 3.19. The summed E-state index contributed by atoms with van der Waals surface area (Å²) in [6.45, 7) is 5.23. The molecule has 1 fully saturated rings. The molecule has 1 aliphatic carbocycles. The monoisotopic (exact) mass is 242 g/mol. The number of hydrogen-bond donors (Lipinski definition) is 1. The van der Waals surface area contributed by atoms with Crippen molar-refractivity contribution in [1.29, 1.82) is 0 Å². The quantitative estimate of drug-likeness (QED) is 0.603. The van der Waals surface area contributed by atoms with Gasteiger partial charge in [-0.25, -0.2) is 0 Å². The maximum absolute atomic E-state index is 12.1. The number of Topliss-reactive ketones (excluding diaryl/α,β-unsaturated/α-hetero) is 1. The van der Waals surface area contributed by atoms with Crippen LogP contribution in [0.4, 0.5) is 0 Å². The minimum atomic E-state index is -1.12. The standard InChI is InChI=1S/C13H22O4/c1-4-17-11(15)13(9-12(2,3)16)8-6-5-7-10(13)14/h16H,4-9H2,1-3H3. The molecule has 0 amide bonds. The summed E-state index contributed by atoms with van der Waals surface area (Å²) in [5.74, 6) is -0.545. The smallest absolute Gasteiger partial charge is 0.319 e. The molecule has 4 nitrogen and oxygen atoms in total. The molecule has 1 rings (SSSR count). The Hall–Kier alpha value is -0.900. The molecule has 1 saturated carbocycles. The number of ketones is 1. The second-order valence-corrected chi connectivity index (χ2v) is 5.42. The minimum Gasteiger partial charge on any atom is -0.465 e. The predicted octanol–water partition coefficient (Wildman–Crippen LogP) is 1.84. The van der Waals surface area contributed by atoms with Crippen LogP contribution in [0.5, 0.6) is 0 Å². The predicted molar refractivity (Wildman–Crippen MR) is 63.5 cm³/mol. The lowest BCUT2D eigenvalue weighted by molar-refractivity contribution is -0.166. The Labute approximate surface area is 102 Å². The van der Waals surface area contributed by atoms with Crippen LogP contribution in [0.3, 0.4) is 0 Å². The van der Waals surface area contributed by atoms with Gasteiger partial charge in [-0.15, -0.1) is 0 Å². The molecule has 4 heteroatoms. The van der Waals surface area contributed by atoms with Gasteiger partial charge < -0.3 is 9.84 Å². The van der Waals surface area contributed by atoms with E-state index in [0.29, 0.717) is 12.8 Å². The van der Waals surface area contributed by atoms with Crippen LogP contribution < -0.4 is 0 Å². The zero-order chi connectivity index (χ0) is 13.1. The highest BCUT2D eigenvalue weighted by atomic mass is 16.5. The normalized spacial score (nSPS) is 25.8. The molecule has 0 aromatic heterocycles. The van der Waals surface area contributed by atoms with Crippen molar-refractivity contribution >= 4 is 11.8 Å². The first-order chi connectivity index (χ1) is 7.82. The van der Waals surface area contributed by atoms with Gasteiger partial charge in [-0.05, 0) is 40.0 Å². The van der Waals surface area contributed by atoms with Gasteiger partial charge in [-0.1, -0.05) is 6.42 Å². The van der Waals surface area contributed by atoms with E-state index in [2.05, 4.69) is 0 Å². The summed E-state index contributed by atoms with van der Waals surface area (Å²) in [6.07, 6.45) is 2.72. The van der Waals surface area contributed by atoms with Crippen LogP contribution in [0.1, 0.15) is 52.9 Å². The summed E-state index contributed by atoms with van der Waals surface area (Å²) in [4.78, 5) is 24.2. The molecule has 98 valence electrons. The largest absolute Gasteiger partial charge is 0.465 e. The van der Waals surface area contributed by atoms with Crippen molar-refractivity contribution in [3.8, 4) is 0 Å². The Bertz CT molecular complexity index is 303. The van der Waals surface area contributed by atoms with Gasteiger partial charge in [0.1, 0.15) is 11.2 Å². The molecular weight excluding hydrogens is 220 g/mol. The van der Waals surface area contributed by atoms with Crippen LogP contribution in [-0.4, -0.2) is 29.1 Å². The molecule has 0 heterocycles. The fraction of sp³-hybridized carbons (Fsp3) is 0.846. The second-order valence-electron chi connectivity index (χ2n) is 5.42. The van der Waals surface area contributed by atoms with Gasteiger partial charge in [0.15, 0.2) is 0 Å². The topological polar surface area (TPSA) is 63.6 Å². The number of aliphatic hydroxyl groups is 1. The highest BCUT2D eigenvalue weighted by molar-refractivity contribution is 6.04. The maximum Gasteiger partial charge on any atom is 0.319 e. The van der Waals surface area contributed by atoms with Crippen LogP contribution in [0.2, 0.25) is 0 Å². The third kappa shape index (κ3) is 3.28. The Morgan fingerprint density at radius 2 is 2.12 bits per heavy atom. The van der Waals surface area contributed by atoms with Crippen LogP contribution in [0.25, 0.3) is 0 Å². The lowest BCUT2D eigenvalue weighted by atomic mass is 9.67. The first kappa shape index (κ1) is 14.2. The Morgan fingerprint density at radius 3 is 2.59 bits per heavy atom. The van der Waals surface area contributed by atoms with Crippen molar-refractivity contribution < 1.29 is 19.4 Å². The zero-order valence-corrected chi connectivity index (χ0v) is 10.9. The lowest BCUT2D eigenvalue weighted by Crippen LogP contribution is -2.47.